The third-order valence-corrected chi connectivity index (χ3v) is 2.19. The summed E-state index contributed by atoms with van der Waals surface area (Å²) in [6.07, 6.45) is 1.29. The molecule has 0 radical (unpaired) electrons. The molecule has 1 aromatic rings. The highest BCUT2D eigenvalue weighted by atomic mass is 32.1. The molecule has 0 atom stereocenters. The average molecular weight is 212 g/mol. The van der Waals surface area contributed by atoms with Crippen molar-refractivity contribution >= 4 is 22.4 Å². The number of thiazole rings is 1. The van der Waals surface area contributed by atoms with Crippen LogP contribution in [0.3, 0.4) is 0 Å². The summed E-state index contributed by atoms with van der Waals surface area (Å²) in [5.41, 5.74) is 0. The molecule has 0 aliphatic rings. The van der Waals surface area contributed by atoms with E-state index in [4.69, 9.17) is 10.2 Å². The molecule has 14 heavy (non-hydrogen) atoms. The molecule has 0 bridgehead atoms. The molecule has 0 saturated carbocycles. The van der Waals surface area contributed by atoms with Gasteiger partial charge in [-0.05, 0) is 0 Å². The largest absolute Gasteiger partial charge is 0.477 e. The van der Waals surface area contributed by atoms with E-state index in [2.05, 4.69) is 22.1 Å². The Morgan fingerprint density at radius 3 is 3.00 bits per heavy atom. The molecule has 0 aromatic carbocycles. The number of nitrogens with one attached hydrogen (secondary N) is 1. The molecule has 5 nitrogen and oxygen atoms in total. The second-order valence-corrected chi connectivity index (χ2v) is 3.23. The van der Waals surface area contributed by atoms with Crippen molar-refractivity contribution in [3.05, 3.63) is 11.1 Å². The normalized spacial score (nSPS) is 8.93. The summed E-state index contributed by atoms with van der Waals surface area (Å²) in [6.45, 7) is 0.160. The quantitative estimate of drug-likeness (QED) is 0.625. The van der Waals surface area contributed by atoms with Crippen LogP contribution in [-0.4, -0.2) is 34.3 Å². The fourth-order valence-corrected chi connectivity index (χ4v) is 1.34. The molecule has 6 heteroatoms. The second kappa shape index (κ2) is 5.21. The predicted octanol–water partition coefficient (Wildman–Crippen LogP) is 0.249. The Kier molecular flexibility index (Phi) is 3.91. The van der Waals surface area contributed by atoms with Gasteiger partial charge < -0.3 is 15.5 Å². The van der Waals surface area contributed by atoms with Crippen LogP contribution in [0.2, 0.25) is 0 Å². The van der Waals surface area contributed by atoms with Crippen LogP contribution in [0.5, 0.6) is 0 Å². The first-order valence-electron chi connectivity index (χ1n) is 3.73. The Morgan fingerprint density at radius 1 is 1.64 bits per heavy atom. The number of hydrogen-bond acceptors (Lipinski definition) is 5. The maximum Gasteiger partial charge on any atom is 0.347 e. The van der Waals surface area contributed by atoms with E-state index in [1.165, 1.54) is 6.20 Å². The lowest BCUT2D eigenvalue weighted by Gasteiger charge is -1.92. The van der Waals surface area contributed by atoms with E-state index in [1.807, 2.05) is 0 Å². The molecule has 1 heterocycles. The summed E-state index contributed by atoms with van der Waals surface area (Å²) < 4.78 is 0. The Morgan fingerprint density at radius 2 is 2.43 bits per heavy atom. The number of nitrogens with zero attached hydrogens (tertiary/aromatic N) is 1. The van der Waals surface area contributed by atoms with Crippen molar-refractivity contribution in [2.24, 2.45) is 0 Å². The highest BCUT2D eigenvalue weighted by Gasteiger charge is 2.06. The number of rotatable bonds is 3. The first-order chi connectivity index (χ1) is 6.74. The molecule has 0 fully saturated rings. The van der Waals surface area contributed by atoms with Crippen LogP contribution in [0.4, 0.5) is 5.13 Å². The average Bonchev–Trinajstić information content (AvgIpc) is 2.61. The topological polar surface area (TPSA) is 82.5 Å². The van der Waals surface area contributed by atoms with Crippen LogP contribution in [0.15, 0.2) is 6.20 Å². The van der Waals surface area contributed by atoms with Crippen molar-refractivity contribution in [3.63, 3.8) is 0 Å². The SMILES string of the molecule is O=C(O)c1cnc(NCC#CCO)s1. The van der Waals surface area contributed by atoms with Crippen LogP contribution in [0, 0.1) is 11.8 Å². The number of anilines is 1. The van der Waals surface area contributed by atoms with Gasteiger partial charge in [-0.2, -0.15) is 0 Å². The minimum Gasteiger partial charge on any atom is -0.477 e. The summed E-state index contributed by atoms with van der Waals surface area (Å²) >= 11 is 1.05. The van der Waals surface area contributed by atoms with Crippen LogP contribution in [0.1, 0.15) is 9.67 Å². The van der Waals surface area contributed by atoms with Gasteiger partial charge in [0.1, 0.15) is 11.5 Å². The maximum absolute atomic E-state index is 10.5. The van der Waals surface area contributed by atoms with Crippen molar-refractivity contribution in [3.8, 4) is 11.8 Å². The number of aliphatic hydroxyl groups is 1. The molecule has 0 unspecified atom stereocenters. The standard InChI is InChI=1S/C8H8N2O3S/c11-4-2-1-3-9-8-10-5-6(14-8)7(12)13/h5,11H,3-4H2,(H,9,10)(H,12,13). The minimum absolute atomic E-state index is 0.181. The van der Waals surface area contributed by atoms with E-state index in [1.54, 1.807) is 0 Å². The molecule has 3 N–H and O–H groups in total. The number of carboxylic acid groups (broad SMARTS) is 1. The van der Waals surface area contributed by atoms with E-state index in [0.717, 1.165) is 11.3 Å². The van der Waals surface area contributed by atoms with E-state index < -0.39 is 5.97 Å². The smallest absolute Gasteiger partial charge is 0.347 e. The molecule has 0 aliphatic carbocycles. The van der Waals surface area contributed by atoms with Gasteiger partial charge in [-0.15, -0.1) is 0 Å². The van der Waals surface area contributed by atoms with Crippen LogP contribution < -0.4 is 5.32 Å². The van der Waals surface area contributed by atoms with Gasteiger partial charge in [0.25, 0.3) is 0 Å². The Bertz CT molecular complexity index is 377. The summed E-state index contributed by atoms with van der Waals surface area (Å²) in [5, 5.41) is 20.3. The lowest BCUT2D eigenvalue weighted by Crippen LogP contribution is -1.97. The fraction of sp³-hybridized carbons (Fsp3) is 0.250. The molecule has 0 amide bonds. The predicted molar refractivity (Wildman–Crippen MR) is 52.4 cm³/mol. The summed E-state index contributed by atoms with van der Waals surface area (Å²) in [7, 11) is 0. The first kappa shape index (κ1) is 10.5. The van der Waals surface area contributed by atoms with E-state index in [-0.39, 0.29) is 11.5 Å². The maximum atomic E-state index is 10.5. The second-order valence-electron chi connectivity index (χ2n) is 2.20. The Labute approximate surface area is 84.4 Å². The molecule has 0 spiro atoms. The van der Waals surface area contributed by atoms with E-state index in [9.17, 15) is 4.79 Å². The van der Waals surface area contributed by atoms with Gasteiger partial charge in [0, 0.05) is 0 Å². The number of aliphatic hydroxyl groups excluding tert-OH is 1. The van der Waals surface area contributed by atoms with Crippen molar-refractivity contribution in [2.75, 3.05) is 18.5 Å². The Balaban J connectivity index is 2.48. The van der Waals surface area contributed by atoms with Crippen LogP contribution in [0.25, 0.3) is 0 Å². The Hall–Kier alpha value is -1.58. The first-order valence-corrected chi connectivity index (χ1v) is 4.55. The molecule has 1 rings (SSSR count). The van der Waals surface area contributed by atoms with Gasteiger partial charge in [0.2, 0.25) is 0 Å². The van der Waals surface area contributed by atoms with Crippen molar-refractivity contribution in [1.82, 2.24) is 4.98 Å². The zero-order valence-corrected chi connectivity index (χ0v) is 7.97. The van der Waals surface area contributed by atoms with Gasteiger partial charge >= 0.3 is 5.97 Å². The number of carboxylic acids is 1. The molecule has 1 aromatic heterocycles. The molecular weight excluding hydrogens is 204 g/mol. The molecule has 0 aliphatic heterocycles. The monoisotopic (exact) mass is 212 g/mol. The summed E-state index contributed by atoms with van der Waals surface area (Å²) in [4.78, 5) is 14.5. The minimum atomic E-state index is -0.989. The van der Waals surface area contributed by atoms with Crippen molar-refractivity contribution < 1.29 is 15.0 Å². The van der Waals surface area contributed by atoms with Gasteiger partial charge in [-0.3, -0.25) is 0 Å². The third kappa shape index (κ3) is 3.05. The summed E-state index contributed by atoms with van der Waals surface area (Å²) in [5.74, 6) is 4.09. The van der Waals surface area contributed by atoms with E-state index >= 15 is 0 Å². The zero-order valence-electron chi connectivity index (χ0n) is 7.15. The lowest BCUT2D eigenvalue weighted by molar-refractivity contribution is 0.0702. The zero-order chi connectivity index (χ0) is 10.4. The van der Waals surface area contributed by atoms with Crippen LogP contribution >= 0.6 is 11.3 Å². The number of aromatic nitrogens is 1. The molecule has 74 valence electrons. The molecular formula is C8H8N2O3S. The van der Waals surface area contributed by atoms with Gasteiger partial charge in [0.05, 0.1) is 12.7 Å². The number of hydrogen-bond donors (Lipinski definition) is 3. The number of aromatic carboxylic acids is 1. The van der Waals surface area contributed by atoms with Crippen molar-refractivity contribution in [2.45, 2.75) is 0 Å². The molecule has 0 saturated heterocycles. The number of carbonyl (C=O) groups is 1. The van der Waals surface area contributed by atoms with Gasteiger partial charge in [0.15, 0.2) is 5.13 Å². The summed E-state index contributed by atoms with van der Waals surface area (Å²) in [6, 6.07) is 0. The highest BCUT2D eigenvalue weighted by molar-refractivity contribution is 7.17. The third-order valence-electron chi connectivity index (χ3n) is 1.25. The van der Waals surface area contributed by atoms with Crippen molar-refractivity contribution in [1.29, 1.82) is 0 Å². The highest BCUT2D eigenvalue weighted by Crippen LogP contribution is 2.17. The fourth-order valence-electron chi connectivity index (χ4n) is 0.693. The van der Waals surface area contributed by atoms with Crippen LogP contribution in [-0.2, 0) is 0 Å². The lowest BCUT2D eigenvalue weighted by atomic mass is 10.6. The van der Waals surface area contributed by atoms with Gasteiger partial charge in [-0.1, -0.05) is 23.2 Å². The van der Waals surface area contributed by atoms with E-state index in [0.29, 0.717) is 11.7 Å². The van der Waals surface area contributed by atoms with Gasteiger partial charge in [-0.25, -0.2) is 9.78 Å².